The zero-order valence-electron chi connectivity index (χ0n) is 13.1. The van der Waals surface area contributed by atoms with Crippen molar-refractivity contribution in [3.8, 4) is 0 Å². The van der Waals surface area contributed by atoms with E-state index in [4.69, 9.17) is 4.42 Å². The van der Waals surface area contributed by atoms with E-state index in [0.29, 0.717) is 0 Å². The number of hydrogen-bond donors (Lipinski definition) is 0. The number of oxazole rings is 1. The monoisotopic (exact) mass is 292 g/mol. The first kappa shape index (κ1) is 15.2. The Balaban J connectivity index is 1.98. The van der Waals surface area contributed by atoms with Crippen LogP contribution in [-0.2, 0) is 19.3 Å². The summed E-state index contributed by atoms with van der Waals surface area (Å²) in [6, 6.07) is 0. The van der Waals surface area contributed by atoms with Gasteiger partial charge in [0, 0.05) is 30.8 Å². The van der Waals surface area contributed by atoms with Gasteiger partial charge < -0.3 is 4.42 Å². The molecule has 0 N–H and O–H groups in total. The average molecular weight is 292 g/mol. The van der Waals surface area contributed by atoms with Crippen LogP contribution in [0.25, 0.3) is 0 Å². The summed E-state index contributed by atoms with van der Waals surface area (Å²) in [4.78, 5) is 8.77. The van der Waals surface area contributed by atoms with E-state index in [9.17, 15) is 0 Å². The highest BCUT2D eigenvalue weighted by molar-refractivity contribution is 7.09. The molecule has 0 unspecified atom stereocenters. The van der Waals surface area contributed by atoms with E-state index in [1.54, 1.807) is 11.3 Å². The molecule has 0 bridgehead atoms. The highest BCUT2D eigenvalue weighted by Crippen LogP contribution is 2.28. The third kappa shape index (κ3) is 4.75. The second kappa shape index (κ2) is 5.68. The molecule has 0 fully saturated rings. The van der Waals surface area contributed by atoms with E-state index >= 15 is 0 Å². The normalized spacial score (nSPS) is 12.8. The Morgan fingerprint density at radius 3 is 2.40 bits per heavy atom. The van der Waals surface area contributed by atoms with Gasteiger partial charge >= 0.3 is 0 Å². The third-order valence-electron chi connectivity index (χ3n) is 3.05. The molecule has 0 aliphatic carbocycles. The molecule has 2 rings (SSSR count). The van der Waals surface area contributed by atoms with Gasteiger partial charge in [-0.1, -0.05) is 34.6 Å². The molecular formula is C16H24N2OS. The molecule has 4 heteroatoms. The molecule has 0 spiro atoms. The number of thiazole rings is 1. The van der Waals surface area contributed by atoms with Crippen LogP contribution in [0.5, 0.6) is 0 Å². The Morgan fingerprint density at radius 2 is 1.80 bits per heavy atom. The van der Waals surface area contributed by atoms with Crippen LogP contribution >= 0.6 is 11.3 Å². The molecule has 0 radical (unpaired) electrons. The summed E-state index contributed by atoms with van der Waals surface area (Å²) in [5, 5.41) is 3.21. The lowest BCUT2D eigenvalue weighted by atomic mass is 9.85. The fraction of sp³-hybridized carbons (Fsp3) is 0.625. The van der Waals surface area contributed by atoms with Gasteiger partial charge in [0.05, 0.1) is 11.2 Å². The van der Waals surface area contributed by atoms with Crippen LogP contribution in [0.1, 0.15) is 51.3 Å². The van der Waals surface area contributed by atoms with E-state index in [1.807, 2.05) is 17.8 Å². The highest BCUT2D eigenvalue weighted by Gasteiger charge is 2.23. The van der Waals surface area contributed by atoms with Crippen molar-refractivity contribution in [3.05, 3.63) is 34.4 Å². The maximum Gasteiger partial charge on any atom is 0.194 e. The first-order valence-corrected chi connectivity index (χ1v) is 7.93. The number of hydrogen-bond acceptors (Lipinski definition) is 4. The maximum atomic E-state index is 5.89. The minimum absolute atomic E-state index is 0.135. The van der Waals surface area contributed by atoms with Crippen LogP contribution in [0, 0.1) is 10.8 Å². The van der Waals surface area contributed by atoms with Crippen molar-refractivity contribution in [1.82, 2.24) is 9.97 Å². The zero-order chi connectivity index (χ0) is 14.8. The Hall–Kier alpha value is -1.16. The standard InChI is InChI=1S/C16H24N2OS/c1-15(2,3)9-13-18-11-12(19-13)8-16(4,5)10-14-17-6-7-20-14/h6-7,11H,8-10H2,1-5H3. The Labute approximate surface area is 125 Å². The van der Waals surface area contributed by atoms with Gasteiger partial charge in [-0.25, -0.2) is 9.97 Å². The van der Waals surface area contributed by atoms with Crippen molar-refractivity contribution >= 4 is 11.3 Å². The predicted molar refractivity (Wildman–Crippen MR) is 83.0 cm³/mol. The van der Waals surface area contributed by atoms with Crippen LogP contribution in [0.15, 0.2) is 22.2 Å². The van der Waals surface area contributed by atoms with Crippen LogP contribution in [-0.4, -0.2) is 9.97 Å². The van der Waals surface area contributed by atoms with Gasteiger partial charge in [-0.2, -0.15) is 0 Å². The average Bonchev–Trinajstić information content (AvgIpc) is 2.87. The second-order valence-corrected chi connectivity index (χ2v) is 8.38. The molecule has 0 saturated heterocycles. The fourth-order valence-electron chi connectivity index (χ4n) is 2.25. The molecular weight excluding hydrogens is 268 g/mol. The van der Waals surface area contributed by atoms with E-state index in [2.05, 4.69) is 44.6 Å². The van der Waals surface area contributed by atoms with Crippen molar-refractivity contribution < 1.29 is 4.42 Å². The van der Waals surface area contributed by atoms with Crippen molar-refractivity contribution in [3.63, 3.8) is 0 Å². The van der Waals surface area contributed by atoms with E-state index in [0.717, 1.165) is 30.9 Å². The molecule has 0 saturated carbocycles. The molecule has 0 aromatic carbocycles. The quantitative estimate of drug-likeness (QED) is 0.812. The maximum absolute atomic E-state index is 5.89. The van der Waals surface area contributed by atoms with Crippen LogP contribution in [0.2, 0.25) is 0 Å². The number of aromatic nitrogens is 2. The molecule has 3 nitrogen and oxygen atoms in total. The van der Waals surface area contributed by atoms with Crippen LogP contribution in [0.4, 0.5) is 0 Å². The molecule has 0 amide bonds. The summed E-state index contributed by atoms with van der Waals surface area (Å²) >= 11 is 1.72. The summed E-state index contributed by atoms with van der Waals surface area (Å²) < 4.78 is 5.89. The van der Waals surface area contributed by atoms with Crippen molar-refractivity contribution in [2.24, 2.45) is 10.8 Å². The summed E-state index contributed by atoms with van der Waals surface area (Å²) in [5.41, 5.74) is 0.342. The van der Waals surface area contributed by atoms with Gasteiger partial charge in [-0.05, 0) is 10.8 Å². The van der Waals surface area contributed by atoms with Gasteiger partial charge in [0.25, 0.3) is 0 Å². The highest BCUT2D eigenvalue weighted by atomic mass is 32.1. The van der Waals surface area contributed by atoms with Crippen molar-refractivity contribution in [2.45, 2.75) is 53.9 Å². The Bertz CT molecular complexity index is 535. The van der Waals surface area contributed by atoms with Gasteiger partial charge in [0.15, 0.2) is 5.89 Å². The predicted octanol–water partition coefficient (Wildman–Crippen LogP) is 4.53. The Kier molecular flexibility index (Phi) is 4.33. The van der Waals surface area contributed by atoms with Crippen molar-refractivity contribution in [2.75, 3.05) is 0 Å². The van der Waals surface area contributed by atoms with Crippen LogP contribution in [0.3, 0.4) is 0 Å². The lowest BCUT2D eigenvalue weighted by Crippen LogP contribution is -2.18. The van der Waals surface area contributed by atoms with Gasteiger partial charge in [-0.3, -0.25) is 0 Å². The molecule has 0 aliphatic rings. The Morgan fingerprint density at radius 1 is 1.05 bits per heavy atom. The first-order valence-electron chi connectivity index (χ1n) is 7.06. The smallest absolute Gasteiger partial charge is 0.194 e. The summed E-state index contributed by atoms with van der Waals surface area (Å²) in [6.07, 6.45) is 6.49. The van der Waals surface area contributed by atoms with Gasteiger partial charge in [-0.15, -0.1) is 11.3 Å². The molecule has 110 valence electrons. The van der Waals surface area contributed by atoms with E-state index < -0.39 is 0 Å². The first-order chi connectivity index (χ1) is 9.23. The van der Waals surface area contributed by atoms with Gasteiger partial charge in [0.1, 0.15) is 5.76 Å². The number of rotatable bonds is 5. The molecule has 0 aliphatic heterocycles. The molecule has 2 heterocycles. The third-order valence-corrected chi connectivity index (χ3v) is 3.83. The SMILES string of the molecule is CC(C)(C)Cc1ncc(CC(C)(C)Cc2nccs2)o1. The topological polar surface area (TPSA) is 38.9 Å². The minimum Gasteiger partial charge on any atom is -0.446 e. The zero-order valence-corrected chi connectivity index (χ0v) is 13.9. The molecule has 0 atom stereocenters. The van der Waals surface area contributed by atoms with E-state index in [1.165, 1.54) is 5.01 Å². The van der Waals surface area contributed by atoms with Gasteiger partial charge in [0.2, 0.25) is 0 Å². The number of nitrogens with zero attached hydrogens (tertiary/aromatic N) is 2. The van der Waals surface area contributed by atoms with E-state index in [-0.39, 0.29) is 10.8 Å². The fourth-order valence-corrected chi connectivity index (χ4v) is 3.12. The van der Waals surface area contributed by atoms with Crippen LogP contribution < -0.4 is 0 Å². The molecule has 2 aromatic heterocycles. The lowest BCUT2D eigenvalue weighted by Gasteiger charge is -2.21. The summed E-state index contributed by atoms with van der Waals surface area (Å²) in [6.45, 7) is 11.1. The summed E-state index contributed by atoms with van der Waals surface area (Å²) in [5.74, 6) is 1.82. The van der Waals surface area contributed by atoms with Crippen molar-refractivity contribution in [1.29, 1.82) is 0 Å². The molecule has 20 heavy (non-hydrogen) atoms. The largest absolute Gasteiger partial charge is 0.446 e. The second-order valence-electron chi connectivity index (χ2n) is 7.40. The lowest BCUT2D eigenvalue weighted by molar-refractivity contribution is 0.303. The minimum atomic E-state index is 0.135. The molecule has 2 aromatic rings. The summed E-state index contributed by atoms with van der Waals surface area (Å²) in [7, 11) is 0.